The van der Waals surface area contributed by atoms with Crippen molar-refractivity contribution >= 4 is 28.5 Å². The lowest BCUT2D eigenvalue weighted by atomic mass is 9.62. The molecule has 0 aromatic heterocycles. The molecule has 1 aromatic rings. The molecule has 116 valence electrons. The van der Waals surface area contributed by atoms with Crippen molar-refractivity contribution in [2.45, 2.75) is 45.8 Å². The van der Waals surface area contributed by atoms with Gasteiger partial charge in [-0.05, 0) is 23.8 Å². The zero-order chi connectivity index (χ0) is 15.9. The van der Waals surface area contributed by atoms with Crippen LogP contribution >= 0.6 is 11.8 Å². The van der Waals surface area contributed by atoms with E-state index >= 15 is 0 Å². The molecular formula is C18H22N2OS. The highest BCUT2D eigenvalue weighted by molar-refractivity contribution is 8.14. The van der Waals surface area contributed by atoms with Gasteiger partial charge in [0.2, 0.25) is 0 Å². The molecule has 4 heteroatoms. The first kappa shape index (κ1) is 15.5. The van der Waals surface area contributed by atoms with Gasteiger partial charge in [-0.1, -0.05) is 63.7 Å². The van der Waals surface area contributed by atoms with Gasteiger partial charge in [-0.2, -0.15) is 4.99 Å². The Kier molecular flexibility index (Phi) is 3.98. The molecule has 3 rings (SSSR count). The third-order valence-corrected chi connectivity index (χ3v) is 5.54. The minimum atomic E-state index is -0.205. The maximum atomic E-state index is 12.7. The molecule has 0 fully saturated rings. The van der Waals surface area contributed by atoms with Crippen molar-refractivity contribution in [3.8, 4) is 0 Å². The zero-order valence-corrected chi connectivity index (χ0v) is 14.4. The number of carbonyl (C=O) groups excluding carboxylic acids is 1. The Labute approximate surface area is 136 Å². The molecule has 1 aliphatic carbocycles. The number of amides is 1. The number of thioether (sulfide) groups is 1. The molecule has 0 radical (unpaired) electrons. The third kappa shape index (κ3) is 2.54. The highest BCUT2D eigenvalue weighted by atomic mass is 32.2. The number of nitrogens with zero attached hydrogens (tertiary/aromatic N) is 2. The summed E-state index contributed by atoms with van der Waals surface area (Å²) in [6, 6.07) is 8.34. The molecule has 1 aromatic carbocycles. The summed E-state index contributed by atoms with van der Waals surface area (Å²) in [6.07, 6.45) is 1.86. The minimum Gasteiger partial charge on any atom is -0.272 e. The van der Waals surface area contributed by atoms with Gasteiger partial charge in [0.05, 0.1) is 11.6 Å². The highest BCUT2D eigenvalue weighted by Gasteiger charge is 2.47. The Hall–Kier alpha value is -1.42. The van der Waals surface area contributed by atoms with E-state index in [0.717, 1.165) is 24.1 Å². The Morgan fingerprint density at radius 3 is 2.73 bits per heavy atom. The molecule has 0 bridgehead atoms. The maximum absolute atomic E-state index is 12.7. The fourth-order valence-corrected chi connectivity index (χ4v) is 4.08. The molecule has 1 amide bonds. The van der Waals surface area contributed by atoms with Crippen LogP contribution in [0.2, 0.25) is 0 Å². The number of amidine groups is 1. The monoisotopic (exact) mass is 314 g/mol. The molecule has 0 saturated heterocycles. The van der Waals surface area contributed by atoms with Gasteiger partial charge in [-0.15, -0.1) is 0 Å². The van der Waals surface area contributed by atoms with E-state index in [2.05, 4.69) is 50.9 Å². The molecular weight excluding hydrogens is 292 g/mol. The number of fused-ring (bicyclic) bond motifs is 3. The van der Waals surface area contributed by atoms with E-state index in [1.54, 1.807) is 11.8 Å². The van der Waals surface area contributed by atoms with Gasteiger partial charge in [-0.25, -0.2) is 4.99 Å². The summed E-state index contributed by atoms with van der Waals surface area (Å²) in [6.45, 7) is 8.53. The van der Waals surface area contributed by atoms with Gasteiger partial charge >= 0.3 is 0 Å². The molecule has 3 nitrogen and oxygen atoms in total. The second-order valence-electron chi connectivity index (χ2n) is 6.67. The Balaban J connectivity index is 2.14. The molecule has 0 saturated carbocycles. The fraction of sp³-hybridized carbons (Fsp3) is 0.500. The summed E-state index contributed by atoms with van der Waals surface area (Å²) in [7, 11) is 0. The van der Waals surface area contributed by atoms with Crippen LogP contribution in [0.5, 0.6) is 0 Å². The normalized spacial score (nSPS) is 27.1. The van der Waals surface area contributed by atoms with Crippen molar-refractivity contribution in [2.24, 2.45) is 21.3 Å². The van der Waals surface area contributed by atoms with Crippen molar-refractivity contribution in [3.63, 3.8) is 0 Å². The summed E-state index contributed by atoms with van der Waals surface area (Å²) in [5.41, 5.74) is 3.25. The SMILES string of the molecule is CCC1(C)Cc2ccccc2C2=NC(SC(C)C)=NC(=O)C21. The van der Waals surface area contributed by atoms with E-state index < -0.39 is 0 Å². The van der Waals surface area contributed by atoms with Crippen LogP contribution in [-0.2, 0) is 11.2 Å². The quantitative estimate of drug-likeness (QED) is 0.824. The summed E-state index contributed by atoms with van der Waals surface area (Å²) in [5.74, 6) is -0.226. The van der Waals surface area contributed by atoms with Crippen LogP contribution in [0.3, 0.4) is 0 Å². The molecule has 22 heavy (non-hydrogen) atoms. The number of aliphatic imine (C=N–C) groups is 2. The van der Waals surface area contributed by atoms with Crippen molar-refractivity contribution in [1.29, 1.82) is 0 Å². The molecule has 2 unspecified atom stereocenters. The smallest absolute Gasteiger partial charge is 0.257 e. The van der Waals surface area contributed by atoms with Crippen molar-refractivity contribution < 1.29 is 4.79 Å². The van der Waals surface area contributed by atoms with Gasteiger partial charge < -0.3 is 0 Å². The Morgan fingerprint density at radius 1 is 1.32 bits per heavy atom. The fourth-order valence-electron chi connectivity index (χ4n) is 3.37. The summed E-state index contributed by atoms with van der Waals surface area (Å²) >= 11 is 1.56. The van der Waals surface area contributed by atoms with E-state index in [1.807, 2.05) is 6.07 Å². The molecule has 2 atom stereocenters. The van der Waals surface area contributed by atoms with Crippen molar-refractivity contribution in [3.05, 3.63) is 35.4 Å². The van der Waals surface area contributed by atoms with E-state index in [1.165, 1.54) is 5.56 Å². The van der Waals surface area contributed by atoms with Gasteiger partial charge in [-0.3, -0.25) is 4.79 Å². The minimum absolute atomic E-state index is 0.0213. The van der Waals surface area contributed by atoms with Crippen LogP contribution in [0, 0.1) is 11.3 Å². The van der Waals surface area contributed by atoms with Gasteiger partial charge in [0.15, 0.2) is 5.17 Å². The number of carbonyl (C=O) groups is 1. The molecule has 1 aliphatic heterocycles. The molecule has 2 aliphatic rings. The number of rotatable bonds is 2. The number of benzene rings is 1. The van der Waals surface area contributed by atoms with Crippen molar-refractivity contribution in [1.82, 2.24) is 0 Å². The molecule has 0 N–H and O–H groups in total. The lowest BCUT2D eigenvalue weighted by molar-refractivity contribution is -0.122. The average molecular weight is 314 g/mol. The van der Waals surface area contributed by atoms with Crippen LogP contribution in [-0.4, -0.2) is 22.0 Å². The summed E-state index contributed by atoms with van der Waals surface area (Å²) < 4.78 is 0. The topological polar surface area (TPSA) is 41.8 Å². The van der Waals surface area contributed by atoms with Gasteiger partial charge in [0, 0.05) is 10.8 Å². The number of hydrogen-bond acceptors (Lipinski definition) is 3. The summed E-state index contributed by atoms with van der Waals surface area (Å²) in [5, 5.41) is 0.977. The predicted molar refractivity (Wildman–Crippen MR) is 93.7 cm³/mol. The molecule has 1 heterocycles. The van der Waals surface area contributed by atoms with Crippen LogP contribution in [0.4, 0.5) is 0 Å². The van der Waals surface area contributed by atoms with E-state index in [-0.39, 0.29) is 17.2 Å². The van der Waals surface area contributed by atoms with E-state index in [9.17, 15) is 4.79 Å². The van der Waals surface area contributed by atoms with Crippen LogP contribution < -0.4 is 0 Å². The third-order valence-electron chi connectivity index (χ3n) is 4.68. The zero-order valence-electron chi connectivity index (χ0n) is 13.6. The lowest BCUT2D eigenvalue weighted by Gasteiger charge is -2.42. The van der Waals surface area contributed by atoms with Crippen molar-refractivity contribution in [2.75, 3.05) is 0 Å². The first-order chi connectivity index (χ1) is 10.4. The van der Waals surface area contributed by atoms with E-state index in [0.29, 0.717) is 10.4 Å². The molecule has 0 spiro atoms. The second-order valence-corrected chi connectivity index (χ2v) is 8.21. The Bertz CT molecular complexity index is 677. The standard InChI is InChI=1S/C18H22N2OS/c1-5-18(4)10-12-8-6-7-9-13(12)15-14(18)16(21)20-17(19-15)22-11(2)3/h6-9,11,14H,5,10H2,1-4H3. The first-order valence-corrected chi connectivity index (χ1v) is 8.78. The predicted octanol–water partition coefficient (Wildman–Crippen LogP) is 4.10. The van der Waals surface area contributed by atoms with Gasteiger partial charge in [0.1, 0.15) is 0 Å². The highest BCUT2D eigenvalue weighted by Crippen LogP contribution is 2.44. The van der Waals surface area contributed by atoms with E-state index in [4.69, 9.17) is 4.99 Å². The average Bonchev–Trinajstić information content (AvgIpc) is 2.46. The Morgan fingerprint density at radius 2 is 2.05 bits per heavy atom. The maximum Gasteiger partial charge on any atom is 0.257 e. The van der Waals surface area contributed by atoms with Crippen LogP contribution in [0.1, 0.15) is 45.2 Å². The van der Waals surface area contributed by atoms with Gasteiger partial charge in [0.25, 0.3) is 5.91 Å². The number of hydrogen-bond donors (Lipinski definition) is 0. The van der Waals surface area contributed by atoms with Crippen LogP contribution in [0.15, 0.2) is 34.3 Å². The largest absolute Gasteiger partial charge is 0.272 e. The summed E-state index contributed by atoms with van der Waals surface area (Å²) in [4.78, 5) is 21.8. The van der Waals surface area contributed by atoms with Crippen LogP contribution in [0.25, 0.3) is 0 Å². The lowest BCUT2D eigenvalue weighted by Crippen LogP contribution is -2.46. The second kappa shape index (κ2) is 5.65. The first-order valence-electron chi connectivity index (χ1n) is 7.90.